The van der Waals surface area contributed by atoms with Crippen LogP contribution in [0.4, 0.5) is 4.79 Å². The number of hydrogen-bond acceptors (Lipinski definition) is 3. The summed E-state index contributed by atoms with van der Waals surface area (Å²) in [5, 5.41) is 14.9. The highest BCUT2D eigenvalue weighted by atomic mass is 16.5. The Hall–Kier alpha value is -1.30. The van der Waals surface area contributed by atoms with Crippen molar-refractivity contribution in [2.45, 2.75) is 69.9 Å². The van der Waals surface area contributed by atoms with Gasteiger partial charge in [0, 0.05) is 7.11 Å². The zero-order chi connectivity index (χ0) is 15.7. The first kappa shape index (κ1) is 17.8. The molecule has 0 radical (unpaired) electrons. The monoisotopic (exact) mass is 300 g/mol. The number of carboxylic acid groups (broad SMARTS) is 1. The molecule has 1 aliphatic rings. The van der Waals surface area contributed by atoms with Gasteiger partial charge in [0.2, 0.25) is 0 Å². The highest BCUT2D eigenvalue weighted by Gasteiger charge is 2.36. The van der Waals surface area contributed by atoms with E-state index in [1.165, 1.54) is 0 Å². The molecule has 3 N–H and O–H groups in total. The van der Waals surface area contributed by atoms with E-state index in [1.807, 2.05) is 0 Å². The Morgan fingerprint density at radius 1 is 1.29 bits per heavy atom. The summed E-state index contributed by atoms with van der Waals surface area (Å²) in [6.45, 7) is 2.52. The van der Waals surface area contributed by atoms with Crippen LogP contribution in [0.2, 0.25) is 0 Å². The van der Waals surface area contributed by atoms with E-state index >= 15 is 0 Å². The van der Waals surface area contributed by atoms with Gasteiger partial charge in [-0.3, -0.25) is 4.79 Å². The second-order valence-corrected chi connectivity index (χ2v) is 5.95. The number of hydrogen-bond donors (Lipinski definition) is 3. The molecule has 1 saturated carbocycles. The first-order valence-electron chi connectivity index (χ1n) is 7.81. The lowest BCUT2D eigenvalue weighted by Gasteiger charge is -2.37. The number of amides is 2. The van der Waals surface area contributed by atoms with E-state index in [1.54, 1.807) is 7.11 Å². The fourth-order valence-corrected chi connectivity index (χ4v) is 3.07. The summed E-state index contributed by atoms with van der Waals surface area (Å²) in [4.78, 5) is 23.3. The van der Waals surface area contributed by atoms with E-state index in [9.17, 15) is 9.59 Å². The van der Waals surface area contributed by atoms with Crippen molar-refractivity contribution in [2.75, 3.05) is 13.7 Å². The minimum atomic E-state index is -0.862. The standard InChI is InChI=1S/C15H28N2O4/c1-3-7-12(11-21-2)16-14(20)17-15(10-13(18)19)8-5-4-6-9-15/h12H,3-11H2,1-2H3,(H,18,19)(H2,16,17,20). The van der Waals surface area contributed by atoms with Gasteiger partial charge in [0.15, 0.2) is 0 Å². The summed E-state index contributed by atoms with van der Waals surface area (Å²) < 4.78 is 5.10. The summed E-state index contributed by atoms with van der Waals surface area (Å²) in [6, 6.07) is -0.320. The third kappa shape index (κ3) is 6.33. The van der Waals surface area contributed by atoms with Gasteiger partial charge in [0.25, 0.3) is 0 Å². The van der Waals surface area contributed by atoms with E-state index in [0.717, 1.165) is 44.9 Å². The van der Waals surface area contributed by atoms with Crippen molar-refractivity contribution in [2.24, 2.45) is 0 Å². The predicted octanol–water partition coefficient (Wildman–Crippen LogP) is 2.28. The third-order valence-corrected chi connectivity index (χ3v) is 4.02. The molecule has 0 spiro atoms. The quantitative estimate of drug-likeness (QED) is 0.641. The second-order valence-electron chi connectivity index (χ2n) is 5.95. The van der Waals surface area contributed by atoms with Gasteiger partial charge in [-0.05, 0) is 19.3 Å². The first-order valence-corrected chi connectivity index (χ1v) is 7.81. The lowest BCUT2D eigenvalue weighted by atomic mass is 9.79. The maximum atomic E-state index is 12.2. The number of ether oxygens (including phenoxy) is 1. The topological polar surface area (TPSA) is 87.7 Å². The number of aliphatic carboxylic acids is 1. The Morgan fingerprint density at radius 3 is 2.48 bits per heavy atom. The first-order chi connectivity index (χ1) is 10.0. The lowest BCUT2D eigenvalue weighted by molar-refractivity contribution is -0.139. The fourth-order valence-electron chi connectivity index (χ4n) is 3.07. The van der Waals surface area contributed by atoms with Gasteiger partial charge in [-0.25, -0.2) is 4.79 Å². The molecule has 0 saturated heterocycles. The average molecular weight is 300 g/mol. The Morgan fingerprint density at radius 2 is 1.95 bits per heavy atom. The smallest absolute Gasteiger partial charge is 0.315 e. The van der Waals surface area contributed by atoms with Crippen LogP contribution in [0.15, 0.2) is 0 Å². The molecule has 6 nitrogen and oxygen atoms in total. The van der Waals surface area contributed by atoms with E-state index in [-0.39, 0.29) is 18.5 Å². The molecule has 1 fully saturated rings. The van der Waals surface area contributed by atoms with Crippen molar-refractivity contribution in [3.63, 3.8) is 0 Å². The molecule has 0 aromatic carbocycles. The minimum absolute atomic E-state index is 0.0108. The predicted molar refractivity (Wildman–Crippen MR) is 80.3 cm³/mol. The molecule has 0 aromatic heterocycles. The van der Waals surface area contributed by atoms with E-state index in [4.69, 9.17) is 9.84 Å². The van der Waals surface area contributed by atoms with Crippen LogP contribution in [0.25, 0.3) is 0 Å². The second kappa shape index (κ2) is 8.87. The van der Waals surface area contributed by atoms with Gasteiger partial charge in [0.05, 0.1) is 24.6 Å². The summed E-state index contributed by atoms with van der Waals surface area (Å²) in [6.07, 6.45) is 6.27. The Kier molecular flexibility index (Phi) is 7.50. The highest BCUT2D eigenvalue weighted by Crippen LogP contribution is 2.31. The third-order valence-electron chi connectivity index (χ3n) is 4.02. The van der Waals surface area contributed by atoms with Gasteiger partial charge in [-0.2, -0.15) is 0 Å². The molecule has 1 atom stereocenters. The summed E-state index contributed by atoms with van der Waals surface area (Å²) in [7, 11) is 1.61. The van der Waals surface area contributed by atoms with Crippen LogP contribution < -0.4 is 10.6 Å². The Balaban J connectivity index is 2.60. The van der Waals surface area contributed by atoms with Crippen molar-refractivity contribution in [1.29, 1.82) is 0 Å². The number of carbonyl (C=O) groups excluding carboxylic acids is 1. The normalized spacial score (nSPS) is 18.8. The van der Waals surface area contributed by atoms with Crippen LogP contribution in [0.1, 0.15) is 58.3 Å². The van der Waals surface area contributed by atoms with E-state index in [2.05, 4.69) is 17.6 Å². The van der Waals surface area contributed by atoms with Crippen LogP contribution in [0.3, 0.4) is 0 Å². The molecule has 1 unspecified atom stereocenters. The summed E-state index contributed by atoms with van der Waals surface area (Å²) >= 11 is 0. The van der Waals surface area contributed by atoms with E-state index < -0.39 is 11.5 Å². The van der Waals surface area contributed by atoms with Crippen molar-refractivity contribution < 1.29 is 19.4 Å². The molecule has 1 rings (SSSR count). The Labute approximate surface area is 126 Å². The number of carbonyl (C=O) groups is 2. The van der Waals surface area contributed by atoms with Crippen molar-refractivity contribution in [1.82, 2.24) is 10.6 Å². The van der Waals surface area contributed by atoms with Crippen molar-refractivity contribution >= 4 is 12.0 Å². The molecule has 2 amide bonds. The molecule has 21 heavy (non-hydrogen) atoms. The molecule has 0 heterocycles. The number of rotatable bonds is 8. The molecule has 0 aliphatic heterocycles. The molecule has 0 bridgehead atoms. The van der Waals surface area contributed by atoms with Crippen LogP contribution in [-0.4, -0.2) is 42.4 Å². The highest BCUT2D eigenvalue weighted by molar-refractivity contribution is 5.77. The fraction of sp³-hybridized carbons (Fsp3) is 0.867. The van der Waals surface area contributed by atoms with Crippen LogP contribution in [0, 0.1) is 0 Å². The largest absolute Gasteiger partial charge is 0.481 e. The zero-order valence-corrected chi connectivity index (χ0v) is 13.1. The van der Waals surface area contributed by atoms with Gasteiger partial charge in [-0.15, -0.1) is 0 Å². The SMILES string of the molecule is CCCC(COC)NC(=O)NC1(CC(=O)O)CCCCC1. The number of carboxylic acids is 1. The van der Waals surface area contributed by atoms with Crippen LogP contribution in [0.5, 0.6) is 0 Å². The summed E-state index contributed by atoms with van der Waals surface area (Å²) in [5.41, 5.74) is -0.599. The molecule has 1 aliphatic carbocycles. The summed E-state index contributed by atoms with van der Waals surface area (Å²) in [5.74, 6) is -0.862. The van der Waals surface area contributed by atoms with Crippen LogP contribution in [-0.2, 0) is 9.53 Å². The molecule has 6 heteroatoms. The molecular weight excluding hydrogens is 272 g/mol. The molecule has 122 valence electrons. The Bertz CT molecular complexity index is 335. The van der Waals surface area contributed by atoms with Gasteiger partial charge >= 0.3 is 12.0 Å². The zero-order valence-electron chi connectivity index (χ0n) is 13.1. The van der Waals surface area contributed by atoms with Gasteiger partial charge in [-0.1, -0.05) is 32.6 Å². The average Bonchev–Trinajstić information content (AvgIpc) is 2.38. The van der Waals surface area contributed by atoms with Crippen molar-refractivity contribution in [3.05, 3.63) is 0 Å². The minimum Gasteiger partial charge on any atom is -0.481 e. The maximum Gasteiger partial charge on any atom is 0.315 e. The van der Waals surface area contributed by atoms with Gasteiger partial charge in [0.1, 0.15) is 0 Å². The number of methoxy groups -OCH3 is 1. The number of nitrogens with one attached hydrogen (secondary N) is 2. The molecule has 0 aromatic rings. The lowest BCUT2D eigenvalue weighted by Crippen LogP contribution is -2.56. The molecular formula is C15H28N2O4. The van der Waals surface area contributed by atoms with Crippen LogP contribution >= 0.6 is 0 Å². The van der Waals surface area contributed by atoms with Crippen molar-refractivity contribution in [3.8, 4) is 0 Å². The van der Waals surface area contributed by atoms with Gasteiger partial charge < -0.3 is 20.5 Å². The van der Waals surface area contributed by atoms with E-state index in [0.29, 0.717) is 6.61 Å². The maximum absolute atomic E-state index is 12.2. The number of urea groups is 1.